The third-order valence-corrected chi connectivity index (χ3v) is 11.1. The first-order valence-corrected chi connectivity index (χ1v) is 15.1. The molecule has 7 heteroatoms. The highest BCUT2D eigenvalue weighted by atomic mass is 28.3. The molecule has 2 N–H and O–H groups in total. The van der Waals surface area contributed by atoms with E-state index in [1.54, 1.807) is 13.8 Å². The largest absolute Gasteiger partial charge is 0.494 e. The predicted molar refractivity (Wildman–Crippen MR) is 138 cm³/mol. The van der Waals surface area contributed by atoms with E-state index in [0.717, 1.165) is 17.7 Å². The zero-order chi connectivity index (χ0) is 25.0. The molecule has 1 atom stereocenters. The van der Waals surface area contributed by atoms with Crippen molar-refractivity contribution < 1.29 is 23.8 Å². The Morgan fingerprint density at radius 2 is 1.50 bits per heavy atom. The molecule has 0 radical (unpaired) electrons. The minimum atomic E-state index is -1.81. The Kier molecular flexibility index (Phi) is 10.8. The van der Waals surface area contributed by atoms with Crippen LogP contribution in [0.2, 0.25) is 18.6 Å². The molecule has 0 heterocycles. The van der Waals surface area contributed by atoms with Gasteiger partial charge in [0.1, 0.15) is 5.75 Å². The number of hydrogen-bond acceptors (Lipinski definition) is 6. The average Bonchev–Trinajstić information content (AvgIpc) is 2.86. The van der Waals surface area contributed by atoms with Crippen LogP contribution >= 0.6 is 0 Å². The lowest BCUT2D eigenvalue weighted by molar-refractivity contribution is -0.164. The Bertz CT molecular complexity index is 885. The van der Waals surface area contributed by atoms with Crippen LogP contribution in [-0.4, -0.2) is 45.4 Å². The zero-order valence-corrected chi connectivity index (χ0v) is 22.0. The lowest BCUT2D eigenvalue weighted by atomic mass is 9.92. The molecule has 0 aliphatic carbocycles. The van der Waals surface area contributed by atoms with Gasteiger partial charge in [-0.1, -0.05) is 73.2 Å². The van der Waals surface area contributed by atoms with Crippen LogP contribution in [0.3, 0.4) is 0 Å². The van der Waals surface area contributed by atoms with Crippen LogP contribution < -0.4 is 15.7 Å². The van der Waals surface area contributed by atoms with Crippen molar-refractivity contribution in [1.29, 1.82) is 0 Å². The molecule has 0 aliphatic rings. The van der Waals surface area contributed by atoms with E-state index in [1.165, 1.54) is 17.3 Å². The SMILES string of the molecule is CCOC(=O)C(N)(CCc1ccc(OCCC[Si](C)(CC)c2ccccc2)cc1)C(=O)OCC. The third kappa shape index (κ3) is 7.43. The number of carbonyl (C=O) groups is 2. The van der Waals surface area contributed by atoms with Gasteiger partial charge in [0.05, 0.1) is 27.9 Å². The van der Waals surface area contributed by atoms with Crippen molar-refractivity contribution in [3.63, 3.8) is 0 Å². The molecule has 0 spiro atoms. The summed E-state index contributed by atoms with van der Waals surface area (Å²) in [6, 6.07) is 20.9. The summed E-state index contributed by atoms with van der Waals surface area (Å²) in [7, 11) is -1.47. The van der Waals surface area contributed by atoms with Crippen molar-refractivity contribution >= 4 is 25.2 Å². The highest BCUT2D eigenvalue weighted by Crippen LogP contribution is 2.21. The predicted octanol–water partition coefficient (Wildman–Crippen LogP) is 4.22. The molecule has 0 aromatic heterocycles. The number of benzene rings is 2. The van der Waals surface area contributed by atoms with E-state index in [0.29, 0.717) is 13.0 Å². The Morgan fingerprint density at radius 3 is 2.03 bits per heavy atom. The lowest BCUT2D eigenvalue weighted by Crippen LogP contribution is -2.57. The molecule has 0 bridgehead atoms. The monoisotopic (exact) mass is 485 g/mol. The van der Waals surface area contributed by atoms with Gasteiger partial charge in [0.15, 0.2) is 0 Å². The van der Waals surface area contributed by atoms with Crippen molar-refractivity contribution in [3.05, 3.63) is 60.2 Å². The highest BCUT2D eigenvalue weighted by Gasteiger charge is 2.44. The standard InChI is InChI=1S/C27H39NO5Si/c1-5-31-25(29)27(28,26(30)32-6-2)19-18-22-14-16-23(17-15-22)33-20-11-21-34(4,7-3)24-12-9-8-10-13-24/h8-10,12-17H,5-7,11,18-21,28H2,1-4H3. The Labute approximate surface area is 204 Å². The molecule has 2 aromatic carbocycles. The van der Waals surface area contributed by atoms with Crippen molar-refractivity contribution in [2.75, 3.05) is 19.8 Å². The van der Waals surface area contributed by atoms with Crippen LogP contribution in [0.25, 0.3) is 0 Å². The van der Waals surface area contributed by atoms with E-state index >= 15 is 0 Å². The second-order valence-corrected chi connectivity index (χ2v) is 13.7. The Balaban J connectivity index is 1.88. The van der Waals surface area contributed by atoms with Gasteiger partial charge in [-0.05, 0) is 50.8 Å². The molecule has 34 heavy (non-hydrogen) atoms. The summed E-state index contributed by atoms with van der Waals surface area (Å²) >= 11 is 0. The van der Waals surface area contributed by atoms with E-state index in [9.17, 15) is 9.59 Å². The van der Waals surface area contributed by atoms with Crippen molar-refractivity contribution in [1.82, 2.24) is 0 Å². The molecule has 0 fully saturated rings. The van der Waals surface area contributed by atoms with Crippen molar-refractivity contribution in [2.24, 2.45) is 5.73 Å². The Morgan fingerprint density at radius 1 is 0.912 bits per heavy atom. The number of nitrogens with two attached hydrogens (primary N) is 1. The molecule has 186 valence electrons. The van der Waals surface area contributed by atoms with Gasteiger partial charge in [0.2, 0.25) is 5.54 Å². The number of esters is 2. The summed E-state index contributed by atoms with van der Waals surface area (Å²) in [5.41, 5.74) is 5.27. The molecular formula is C27H39NO5Si. The van der Waals surface area contributed by atoms with E-state index in [2.05, 4.69) is 43.8 Å². The van der Waals surface area contributed by atoms with Crippen LogP contribution in [0.5, 0.6) is 5.75 Å². The fourth-order valence-corrected chi connectivity index (χ4v) is 6.89. The maximum atomic E-state index is 12.3. The molecule has 0 aliphatic heterocycles. The number of ether oxygens (including phenoxy) is 3. The normalized spacial score (nSPS) is 13.1. The molecule has 0 saturated carbocycles. The highest BCUT2D eigenvalue weighted by molar-refractivity contribution is 6.90. The topological polar surface area (TPSA) is 87.9 Å². The van der Waals surface area contributed by atoms with Gasteiger partial charge in [-0.25, -0.2) is 9.59 Å². The fraction of sp³-hybridized carbons (Fsp3) is 0.481. The maximum absolute atomic E-state index is 12.3. The number of hydrogen-bond donors (Lipinski definition) is 1. The second-order valence-electron chi connectivity index (χ2n) is 8.79. The van der Waals surface area contributed by atoms with Gasteiger partial charge in [-0.15, -0.1) is 0 Å². The van der Waals surface area contributed by atoms with E-state index in [-0.39, 0.29) is 19.6 Å². The maximum Gasteiger partial charge on any atom is 0.337 e. The second kappa shape index (κ2) is 13.3. The van der Waals surface area contributed by atoms with Gasteiger partial charge in [0.25, 0.3) is 0 Å². The smallest absolute Gasteiger partial charge is 0.337 e. The average molecular weight is 486 g/mol. The lowest BCUT2D eigenvalue weighted by Gasteiger charge is -2.26. The number of carbonyl (C=O) groups excluding carboxylic acids is 2. The molecule has 2 rings (SSSR count). The first kappa shape index (κ1) is 27.6. The van der Waals surface area contributed by atoms with Crippen molar-refractivity contribution in [3.8, 4) is 5.75 Å². The quantitative estimate of drug-likeness (QED) is 0.187. The van der Waals surface area contributed by atoms with Crippen LogP contribution in [-0.2, 0) is 25.5 Å². The fourth-order valence-electron chi connectivity index (χ4n) is 3.92. The third-order valence-electron chi connectivity index (χ3n) is 6.40. The molecule has 0 amide bonds. The van der Waals surface area contributed by atoms with Gasteiger partial charge in [-0.3, -0.25) is 0 Å². The van der Waals surface area contributed by atoms with E-state index in [4.69, 9.17) is 19.9 Å². The summed E-state index contributed by atoms with van der Waals surface area (Å²) in [6.07, 6.45) is 1.55. The van der Waals surface area contributed by atoms with Crippen LogP contribution in [0.1, 0.15) is 39.2 Å². The first-order valence-electron chi connectivity index (χ1n) is 12.2. The molecule has 0 saturated heterocycles. The minimum Gasteiger partial charge on any atom is -0.494 e. The molecule has 6 nitrogen and oxygen atoms in total. The zero-order valence-electron chi connectivity index (χ0n) is 21.0. The summed E-state index contributed by atoms with van der Waals surface area (Å²) in [4.78, 5) is 24.6. The molecule has 1 unspecified atom stereocenters. The minimum absolute atomic E-state index is 0.102. The van der Waals surface area contributed by atoms with Gasteiger partial charge in [-0.2, -0.15) is 0 Å². The van der Waals surface area contributed by atoms with Gasteiger partial charge >= 0.3 is 11.9 Å². The van der Waals surface area contributed by atoms with Crippen LogP contribution in [0, 0.1) is 0 Å². The van der Waals surface area contributed by atoms with Crippen LogP contribution in [0.15, 0.2) is 54.6 Å². The number of aryl methyl sites for hydroxylation is 1. The summed E-state index contributed by atoms with van der Waals surface area (Å²) in [6.45, 7) is 9.05. The summed E-state index contributed by atoms with van der Waals surface area (Å²) < 4.78 is 16.0. The molecular weight excluding hydrogens is 446 g/mol. The summed E-state index contributed by atoms with van der Waals surface area (Å²) in [5.74, 6) is -0.712. The van der Waals surface area contributed by atoms with Gasteiger partial charge in [0, 0.05) is 0 Å². The first-order chi connectivity index (χ1) is 16.3. The molecule has 2 aromatic rings. The van der Waals surface area contributed by atoms with E-state index in [1.807, 2.05) is 24.3 Å². The Hall–Kier alpha value is -2.64. The van der Waals surface area contributed by atoms with Crippen LogP contribution in [0.4, 0.5) is 0 Å². The number of rotatable bonds is 14. The summed E-state index contributed by atoms with van der Waals surface area (Å²) in [5, 5.41) is 1.50. The van der Waals surface area contributed by atoms with Gasteiger partial charge < -0.3 is 19.9 Å². The van der Waals surface area contributed by atoms with E-state index < -0.39 is 25.6 Å². The van der Waals surface area contributed by atoms with Crippen molar-refractivity contribution in [2.45, 2.75) is 64.2 Å².